The lowest BCUT2D eigenvalue weighted by Crippen LogP contribution is -2.59. The molecule has 3 saturated carbocycles. The van der Waals surface area contributed by atoms with Crippen LogP contribution in [0.2, 0.25) is 0 Å². The topological polar surface area (TPSA) is 71.4 Å². The normalized spacial score (nSPS) is 47.7. The highest BCUT2D eigenvalue weighted by Crippen LogP contribution is 2.69. The van der Waals surface area contributed by atoms with Crippen LogP contribution >= 0.6 is 23.5 Å². The molecule has 3 unspecified atom stereocenters. The van der Waals surface area contributed by atoms with E-state index in [-0.39, 0.29) is 37.3 Å². The SMILES string of the molecule is CC(=O)S[C@H]1CC(=O)C=C2C[C@@H](SC(C)=O)C3C(CC[C@@]4(C)C3CC[C@]4(C)O)[C@]21C. The maximum absolute atomic E-state index is 12.6. The highest BCUT2D eigenvalue weighted by molar-refractivity contribution is 8.14. The molecule has 0 aromatic rings. The number of rotatable bonds is 2. The van der Waals surface area contributed by atoms with E-state index in [4.69, 9.17) is 0 Å². The first-order valence-electron chi connectivity index (χ1n) is 11.2. The van der Waals surface area contributed by atoms with Gasteiger partial charge in [-0.2, -0.15) is 0 Å². The van der Waals surface area contributed by atoms with E-state index in [0.29, 0.717) is 24.2 Å². The van der Waals surface area contributed by atoms with E-state index in [1.54, 1.807) is 13.8 Å². The minimum absolute atomic E-state index is 0.0375. The molecule has 4 aliphatic rings. The predicted molar refractivity (Wildman–Crippen MR) is 122 cm³/mol. The molecule has 6 heteroatoms. The third kappa shape index (κ3) is 3.27. The van der Waals surface area contributed by atoms with E-state index in [0.717, 1.165) is 37.7 Å². The lowest BCUT2D eigenvalue weighted by atomic mass is 9.46. The molecule has 0 saturated heterocycles. The van der Waals surface area contributed by atoms with Gasteiger partial charge in [0.05, 0.1) is 5.60 Å². The largest absolute Gasteiger partial charge is 0.390 e. The molecular weight excluding hydrogens is 416 g/mol. The summed E-state index contributed by atoms with van der Waals surface area (Å²) in [7, 11) is 0. The number of carbonyl (C=O) groups is 3. The van der Waals surface area contributed by atoms with Gasteiger partial charge in [-0.1, -0.05) is 42.9 Å². The van der Waals surface area contributed by atoms with Crippen molar-refractivity contribution in [3.8, 4) is 0 Å². The second kappa shape index (κ2) is 7.48. The number of fused-ring (bicyclic) bond motifs is 5. The summed E-state index contributed by atoms with van der Waals surface area (Å²) >= 11 is 2.77. The Hall–Kier alpha value is -0.590. The van der Waals surface area contributed by atoms with Gasteiger partial charge in [-0.15, -0.1) is 0 Å². The summed E-state index contributed by atoms with van der Waals surface area (Å²) in [5, 5.41) is 11.5. The Morgan fingerprint density at radius 1 is 1.00 bits per heavy atom. The fourth-order valence-electron chi connectivity index (χ4n) is 7.47. The fraction of sp³-hybridized carbons (Fsp3) is 0.792. The first-order chi connectivity index (χ1) is 13.9. The van der Waals surface area contributed by atoms with Crippen LogP contribution in [0.5, 0.6) is 0 Å². The van der Waals surface area contributed by atoms with Crippen LogP contribution in [0.25, 0.3) is 0 Å². The van der Waals surface area contributed by atoms with Gasteiger partial charge < -0.3 is 5.11 Å². The second-order valence-electron chi connectivity index (χ2n) is 10.6. The third-order valence-corrected chi connectivity index (χ3v) is 11.6. The second-order valence-corrected chi connectivity index (χ2v) is 13.4. The molecule has 166 valence electrons. The number of aliphatic hydroxyl groups is 1. The summed E-state index contributed by atoms with van der Waals surface area (Å²) < 4.78 is 0. The molecule has 3 fully saturated rings. The molecule has 1 N–H and O–H groups in total. The summed E-state index contributed by atoms with van der Waals surface area (Å²) in [5.74, 6) is 1.11. The highest BCUT2D eigenvalue weighted by atomic mass is 32.2. The fourth-order valence-corrected chi connectivity index (χ4v) is 9.92. The van der Waals surface area contributed by atoms with Crippen LogP contribution in [0, 0.1) is 28.6 Å². The first kappa shape index (κ1) is 22.6. The molecule has 0 heterocycles. The molecule has 8 atom stereocenters. The number of hydrogen-bond donors (Lipinski definition) is 1. The van der Waals surface area contributed by atoms with Gasteiger partial charge in [0.15, 0.2) is 16.0 Å². The van der Waals surface area contributed by atoms with Crippen molar-refractivity contribution in [3.05, 3.63) is 11.6 Å². The monoisotopic (exact) mass is 450 g/mol. The first-order valence-corrected chi connectivity index (χ1v) is 13.0. The molecule has 0 amide bonds. The van der Waals surface area contributed by atoms with Crippen LogP contribution in [0.3, 0.4) is 0 Å². The van der Waals surface area contributed by atoms with Gasteiger partial charge in [-0.05, 0) is 68.3 Å². The van der Waals surface area contributed by atoms with E-state index in [1.807, 2.05) is 13.0 Å². The number of allylic oxidation sites excluding steroid dienone is 1. The molecule has 0 bridgehead atoms. The van der Waals surface area contributed by atoms with Crippen LogP contribution in [0.4, 0.5) is 0 Å². The lowest BCUT2D eigenvalue weighted by molar-refractivity contribution is -0.122. The van der Waals surface area contributed by atoms with Crippen LogP contribution in [-0.4, -0.2) is 37.2 Å². The zero-order valence-electron chi connectivity index (χ0n) is 18.7. The van der Waals surface area contributed by atoms with Crippen molar-refractivity contribution >= 4 is 39.5 Å². The van der Waals surface area contributed by atoms with Gasteiger partial charge in [0, 0.05) is 36.2 Å². The quantitative estimate of drug-likeness (QED) is 0.652. The predicted octanol–water partition coefficient (Wildman–Crippen LogP) is 4.79. The Labute approximate surface area is 188 Å². The van der Waals surface area contributed by atoms with Gasteiger partial charge in [-0.3, -0.25) is 14.4 Å². The van der Waals surface area contributed by atoms with Gasteiger partial charge >= 0.3 is 0 Å². The highest BCUT2D eigenvalue weighted by Gasteiger charge is 2.66. The maximum Gasteiger partial charge on any atom is 0.186 e. The van der Waals surface area contributed by atoms with Crippen molar-refractivity contribution in [3.63, 3.8) is 0 Å². The van der Waals surface area contributed by atoms with E-state index >= 15 is 0 Å². The standard InChI is InChI=1S/C24H34O4S2/c1-13(25)29-19-11-15-10-16(27)12-20(30-14(2)26)24(15,5)18-6-8-22(3)17(21(18)19)7-9-23(22,4)28/h10,17-21,28H,6-9,11-12H2,1-5H3/t17?,18?,19-,20+,21?,22+,23+,24+/m1/s1. The molecule has 0 aliphatic heterocycles. The number of hydrogen-bond acceptors (Lipinski definition) is 6. The van der Waals surface area contributed by atoms with Crippen molar-refractivity contribution in [2.45, 2.75) is 89.2 Å². The van der Waals surface area contributed by atoms with E-state index < -0.39 is 5.60 Å². The average molecular weight is 451 g/mol. The molecule has 0 spiro atoms. The maximum atomic E-state index is 12.6. The molecule has 0 radical (unpaired) electrons. The van der Waals surface area contributed by atoms with E-state index in [1.165, 1.54) is 23.5 Å². The lowest BCUT2D eigenvalue weighted by Gasteiger charge is -2.62. The van der Waals surface area contributed by atoms with Crippen LogP contribution in [-0.2, 0) is 14.4 Å². The summed E-state index contributed by atoms with van der Waals surface area (Å²) in [6.45, 7) is 9.74. The van der Waals surface area contributed by atoms with Crippen molar-refractivity contribution in [1.29, 1.82) is 0 Å². The van der Waals surface area contributed by atoms with Crippen molar-refractivity contribution in [2.24, 2.45) is 28.6 Å². The van der Waals surface area contributed by atoms with Gasteiger partial charge in [0.2, 0.25) is 0 Å². The van der Waals surface area contributed by atoms with Crippen molar-refractivity contribution in [1.82, 2.24) is 0 Å². The number of carbonyl (C=O) groups excluding carboxylic acids is 3. The average Bonchev–Trinajstić information content (AvgIpc) is 2.86. The van der Waals surface area contributed by atoms with E-state index in [9.17, 15) is 19.5 Å². The van der Waals surface area contributed by atoms with Gasteiger partial charge in [0.25, 0.3) is 0 Å². The molecule has 0 aromatic heterocycles. The molecule has 30 heavy (non-hydrogen) atoms. The smallest absolute Gasteiger partial charge is 0.186 e. The van der Waals surface area contributed by atoms with Gasteiger partial charge in [-0.25, -0.2) is 0 Å². The minimum atomic E-state index is -0.679. The van der Waals surface area contributed by atoms with Crippen LogP contribution in [0.1, 0.15) is 73.1 Å². The number of thioether (sulfide) groups is 2. The molecule has 4 aliphatic carbocycles. The Morgan fingerprint density at radius 3 is 2.27 bits per heavy atom. The van der Waals surface area contributed by atoms with E-state index in [2.05, 4.69) is 13.8 Å². The molecular formula is C24H34O4S2. The van der Waals surface area contributed by atoms with Crippen molar-refractivity contribution in [2.75, 3.05) is 0 Å². The Balaban J connectivity index is 1.81. The zero-order valence-corrected chi connectivity index (χ0v) is 20.3. The summed E-state index contributed by atoms with van der Waals surface area (Å²) in [6.07, 6.45) is 6.70. The molecule has 0 aromatic carbocycles. The summed E-state index contributed by atoms with van der Waals surface area (Å²) in [6, 6.07) is 0. The summed E-state index contributed by atoms with van der Waals surface area (Å²) in [4.78, 5) is 36.8. The Bertz CT molecular complexity index is 818. The minimum Gasteiger partial charge on any atom is -0.390 e. The van der Waals surface area contributed by atoms with Crippen LogP contribution < -0.4 is 0 Å². The Kier molecular flexibility index (Phi) is 5.64. The Morgan fingerprint density at radius 2 is 1.63 bits per heavy atom. The molecule has 4 rings (SSSR count). The number of ketones is 1. The zero-order chi connectivity index (χ0) is 22.1. The van der Waals surface area contributed by atoms with Crippen molar-refractivity contribution < 1.29 is 19.5 Å². The van der Waals surface area contributed by atoms with Crippen LogP contribution in [0.15, 0.2) is 11.6 Å². The summed E-state index contributed by atoms with van der Waals surface area (Å²) in [5.41, 5.74) is 0.111. The molecule has 4 nitrogen and oxygen atoms in total. The third-order valence-electron chi connectivity index (χ3n) is 9.22. The van der Waals surface area contributed by atoms with Gasteiger partial charge in [0.1, 0.15) is 0 Å².